The number of amides is 2. The van der Waals surface area contributed by atoms with Crippen molar-refractivity contribution in [2.75, 3.05) is 25.1 Å². The number of aromatic nitrogens is 3. The van der Waals surface area contributed by atoms with Crippen LogP contribution < -0.4 is 20.3 Å². The van der Waals surface area contributed by atoms with Crippen LogP contribution in [0.5, 0.6) is 5.75 Å². The first-order valence-electron chi connectivity index (χ1n) is 11.1. The van der Waals surface area contributed by atoms with E-state index < -0.39 is 5.91 Å². The van der Waals surface area contributed by atoms with Crippen LogP contribution in [0.15, 0.2) is 47.5 Å². The van der Waals surface area contributed by atoms with Crippen LogP contribution in [0.1, 0.15) is 24.2 Å². The Morgan fingerprint density at radius 3 is 2.97 bits per heavy atom. The Labute approximate surface area is 201 Å². The molecule has 1 atom stereocenters. The third kappa shape index (κ3) is 4.87. The number of piperidine rings is 1. The standard InChI is InChI=1S/C24H24N6O3S/c1-33-19-6-2-4-15-7-8-17(27-21(15)19)13-26-18-5-3-11-30(14-18)23-25-10-9-16(28-23)12-20-22(31)29-24(32)34-20/h2,4,6-10,12,18,26H,3,5,11,13-14H2,1H3,(H,29,31,32). The van der Waals surface area contributed by atoms with Crippen molar-refractivity contribution in [2.24, 2.45) is 0 Å². The van der Waals surface area contributed by atoms with E-state index in [0.29, 0.717) is 23.1 Å². The predicted molar refractivity (Wildman–Crippen MR) is 132 cm³/mol. The highest BCUT2D eigenvalue weighted by Gasteiger charge is 2.26. The Morgan fingerprint density at radius 1 is 1.24 bits per heavy atom. The molecule has 0 bridgehead atoms. The van der Waals surface area contributed by atoms with E-state index in [2.05, 4.69) is 31.6 Å². The number of imide groups is 1. The third-order valence-electron chi connectivity index (χ3n) is 5.82. The quantitative estimate of drug-likeness (QED) is 0.519. The number of benzene rings is 1. The second kappa shape index (κ2) is 9.78. The molecule has 3 aromatic rings. The summed E-state index contributed by atoms with van der Waals surface area (Å²) < 4.78 is 5.45. The number of nitrogens with one attached hydrogen (secondary N) is 2. The molecule has 9 nitrogen and oxygen atoms in total. The van der Waals surface area contributed by atoms with Gasteiger partial charge in [0.25, 0.3) is 11.1 Å². The Hall–Kier alpha value is -3.50. The lowest BCUT2D eigenvalue weighted by Crippen LogP contribution is -2.46. The van der Waals surface area contributed by atoms with Gasteiger partial charge in [0.05, 0.1) is 23.4 Å². The summed E-state index contributed by atoms with van der Waals surface area (Å²) >= 11 is 0.881. The van der Waals surface area contributed by atoms with Crippen molar-refractivity contribution in [3.8, 4) is 5.75 Å². The molecule has 0 spiro atoms. The first kappa shape index (κ1) is 22.3. The molecule has 2 N–H and O–H groups in total. The molecule has 0 aliphatic carbocycles. The topological polar surface area (TPSA) is 109 Å². The Kier molecular flexibility index (Phi) is 6.41. The lowest BCUT2D eigenvalue weighted by molar-refractivity contribution is -0.115. The van der Waals surface area contributed by atoms with E-state index in [-0.39, 0.29) is 11.3 Å². The van der Waals surface area contributed by atoms with Gasteiger partial charge in [-0.05, 0) is 48.9 Å². The van der Waals surface area contributed by atoms with Gasteiger partial charge in [-0.1, -0.05) is 18.2 Å². The van der Waals surface area contributed by atoms with Gasteiger partial charge in [0.2, 0.25) is 5.95 Å². The zero-order chi connectivity index (χ0) is 23.5. The molecule has 2 aromatic heterocycles. The highest BCUT2D eigenvalue weighted by molar-refractivity contribution is 8.18. The van der Waals surface area contributed by atoms with Crippen LogP contribution in [-0.2, 0) is 11.3 Å². The minimum atomic E-state index is -0.391. The Bertz CT molecular complexity index is 1280. The van der Waals surface area contributed by atoms with Crippen molar-refractivity contribution < 1.29 is 14.3 Å². The second-order valence-corrected chi connectivity index (χ2v) is 9.15. The van der Waals surface area contributed by atoms with Crippen LogP contribution in [0.25, 0.3) is 17.0 Å². The van der Waals surface area contributed by atoms with Gasteiger partial charge in [0.1, 0.15) is 11.3 Å². The van der Waals surface area contributed by atoms with Crippen molar-refractivity contribution in [1.29, 1.82) is 0 Å². The van der Waals surface area contributed by atoms with Crippen molar-refractivity contribution in [3.63, 3.8) is 0 Å². The van der Waals surface area contributed by atoms with E-state index in [4.69, 9.17) is 9.72 Å². The van der Waals surface area contributed by atoms with Crippen LogP contribution in [0.2, 0.25) is 0 Å². The maximum atomic E-state index is 11.8. The number of anilines is 1. The number of fused-ring (bicyclic) bond motifs is 1. The largest absolute Gasteiger partial charge is 0.494 e. The minimum absolute atomic E-state index is 0.267. The van der Waals surface area contributed by atoms with Crippen LogP contribution >= 0.6 is 11.8 Å². The van der Waals surface area contributed by atoms with Crippen molar-refractivity contribution >= 4 is 45.8 Å². The highest BCUT2D eigenvalue weighted by atomic mass is 32.2. The van der Waals surface area contributed by atoms with E-state index in [1.165, 1.54) is 0 Å². The molecule has 5 rings (SSSR count). The summed E-state index contributed by atoms with van der Waals surface area (Å²) in [5.74, 6) is 0.995. The van der Waals surface area contributed by atoms with Gasteiger partial charge in [-0.2, -0.15) is 0 Å². The SMILES string of the molecule is COc1cccc2ccc(CNC3CCCN(c4nccc(C=C5SC(=O)NC5=O)n4)C3)nc12. The van der Waals surface area contributed by atoms with Crippen LogP contribution in [0.3, 0.4) is 0 Å². The number of hydrogen-bond acceptors (Lipinski definition) is 9. The van der Waals surface area contributed by atoms with Crippen LogP contribution in [-0.4, -0.2) is 52.3 Å². The van der Waals surface area contributed by atoms with Gasteiger partial charge < -0.3 is 15.0 Å². The molecule has 4 heterocycles. The lowest BCUT2D eigenvalue weighted by Gasteiger charge is -2.33. The molecule has 34 heavy (non-hydrogen) atoms. The number of para-hydroxylation sites is 1. The fourth-order valence-corrected chi connectivity index (χ4v) is 4.81. The van der Waals surface area contributed by atoms with Crippen molar-refractivity contribution in [2.45, 2.75) is 25.4 Å². The van der Waals surface area contributed by atoms with Gasteiger partial charge in [0.15, 0.2) is 0 Å². The number of nitrogens with zero attached hydrogens (tertiary/aromatic N) is 4. The number of pyridine rings is 1. The maximum absolute atomic E-state index is 11.8. The molecule has 2 saturated heterocycles. The molecule has 1 aromatic carbocycles. The highest BCUT2D eigenvalue weighted by Crippen LogP contribution is 2.26. The van der Waals surface area contributed by atoms with Gasteiger partial charge in [-0.25, -0.2) is 15.0 Å². The lowest BCUT2D eigenvalue weighted by atomic mass is 10.1. The fourth-order valence-electron chi connectivity index (χ4n) is 4.15. The van der Waals surface area contributed by atoms with Crippen LogP contribution in [0.4, 0.5) is 10.7 Å². The first-order chi connectivity index (χ1) is 16.6. The molecule has 2 amide bonds. The second-order valence-electron chi connectivity index (χ2n) is 8.13. The molecular formula is C24H24N6O3S. The normalized spacial score (nSPS) is 19.6. The monoisotopic (exact) mass is 476 g/mol. The number of hydrogen-bond donors (Lipinski definition) is 2. The molecule has 1 unspecified atom stereocenters. The fraction of sp³-hybridized carbons (Fsp3) is 0.292. The average Bonchev–Trinajstić information content (AvgIpc) is 3.18. The molecule has 2 aliphatic rings. The third-order valence-corrected chi connectivity index (χ3v) is 6.63. The molecule has 2 aliphatic heterocycles. The zero-order valence-electron chi connectivity index (χ0n) is 18.7. The molecule has 0 saturated carbocycles. The summed E-state index contributed by atoms with van der Waals surface area (Å²) in [7, 11) is 1.66. The minimum Gasteiger partial charge on any atom is -0.494 e. The summed E-state index contributed by atoms with van der Waals surface area (Å²) in [5.41, 5.74) is 2.42. The number of carbonyl (C=O) groups excluding carboxylic acids is 2. The number of methoxy groups -OCH3 is 1. The summed E-state index contributed by atoms with van der Waals surface area (Å²) in [6.07, 6.45) is 5.36. The Balaban J connectivity index is 1.25. The predicted octanol–water partition coefficient (Wildman–Crippen LogP) is 3.12. The van der Waals surface area contributed by atoms with E-state index in [0.717, 1.165) is 60.0 Å². The van der Waals surface area contributed by atoms with Gasteiger partial charge in [-0.3, -0.25) is 14.9 Å². The van der Waals surface area contributed by atoms with Crippen LogP contribution in [0, 0.1) is 0 Å². The zero-order valence-corrected chi connectivity index (χ0v) is 19.5. The maximum Gasteiger partial charge on any atom is 0.290 e. The van der Waals surface area contributed by atoms with Crippen molar-refractivity contribution in [1.82, 2.24) is 25.6 Å². The first-order valence-corrected chi connectivity index (χ1v) is 11.9. The van der Waals surface area contributed by atoms with E-state index >= 15 is 0 Å². The molecule has 2 fully saturated rings. The number of carbonyl (C=O) groups is 2. The van der Waals surface area contributed by atoms with Gasteiger partial charge in [0, 0.05) is 37.3 Å². The summed E-state index contributed by atoms with van der Waals surface area (Å²) in [6.45, 7) is 2.28. The number of thioether (sulfide) groups is 1. The van der Waals surface area contributed by atoms with E-state index in [1.807, 2.05) is 24.3 Å². The van der Waals surface area contributed by atoms with E-state index in [1.54, 1.807) is 25.4 Å². The molecular weight excluding hydrogens is 452 g/mol. The smallest absolute Gasteiger partial charge is 0.290 e. The van der Waals surface area contributed by atoms with Gasteiger partial charge in [-0.15, -0.1) is 0 Å². The molecule has 0 radical (unpaired) electrons. The van der Waals surface area contributed by atoms with Crippen molar-refractivity contribution in [3.05, 3.63) is 58.9 Å². The number of ether oxygens (including phenoxy) is 1. The van der Waals surface area contributed by atoms with E-state index in [9.17, 15) is 9.59 Å². The Morgan fingerprint density at radius 2 is 2.15 bits per heavy atom. The van der Waals surface area contributed by atoms with Gasteiger partial charge >= 0.3 is 0 Å². The summed E-state index contributed by atoms with van der Waals surface area (Å²) in [4.78, 5) is 39.5. The molecule has 10 heteroatoms. The number of rotatable bonds is 6. The summed E-state index contributed by atoms with van der Waals surface area (Å²) in [6, 6.07) is 12.0. The average molecular weight is 477 g/mol. The molecule has 174 valence electrons. The summed E-state index contributed by atoms with van der Waals surface area (Å²) in [5, 5.41) is 6.56.